The fourth-order valence-electron chi connectivity index (χ4n) is 3.32. The van der Waals surface area contributed by atoms with E-state index >= 15 is 0 Å². The van der Waals surface area contributed by atoms with E-state index in [1.54, 1.807) is 37.6 Å². The monoisotopic (exact) mass is 460 g/mol. The van der Waals surface area contributed by atoms with Crippen molar-refractivity contribution < 1.29 is 9.53 Å². The number of nitrogens with zero attached hydrogens (tertiary/aromatic N) is 3. The first-order chi connectivity index (χ1) is 16.0. The molecule has 7 nitrogen and oxygen atoms in total. The van der Waals surface area contributed by atoms with Crippen molar-refractivity contribution in [1.29, 1.82) is 0 Å². The Hall–Kier alpha value is -3.65. The van der Waals surface area contributed by atoms with Crippen molar-refractivity contribution in [3.63, 3.8) is 0 Å². The first kappa shape index (κ1) is 22.5. The topological polar surface area (TPSA) is 86.1 Å². The smallest absolute Gasteiger partial charge is 0.267 e. The van der Waals surface area contributed by atoms with Gasteiger partial charge in [-0.1, -0.05) is 42.1 Å². The summed E-state index contributed by atoms with van der Waals surface area (Å²) in [5.74, 6) is 1.29. The summed E-state index contributed by atoms with van der Waals surface area (Å²) in [5, 5.41) is 3.87. The number of hydrogen-bond acceptors (Lipinski definition) is 6. The number of carbonyl (C=O) groups excluding carboxylic acids is 1. The number of fused-ring (bicyclic) bond motifs is 1. The Morgan fingerprint density at radius 3 is 2.61 bits per heavy atom. The van der Waals surface area contributed by atoms with Crippen LogP contribution < -0.4 is 15.6 Å². The standard InChI is InChI=1S/C25H24N4O3S/c1-17-7-12-22(27-15-17)29-24(31)20-5-3-4-6-21(20)28-25(29)33-16-23(30)26-14-13-18-8-10-19(32-2)11-9-18/h3-12,15H,13-14,16H2,1-2H3,(H,26,30). The number of amides is 1. The van der Waals surface area contributed by atoms with E-state index in [1.165, 1.54) is 16.3 Å². The molecule has 1 N–H and O–H groups in total. The molecule has 0 spiro atoms. The van der Waals surface area contributed by atoms with Crippen molar-refractivity contribution >= 4 is 28.6 Å². The predicted molar refractivity (Wildman–Crippen MR) is 130 cm³/mol. The minimum Gasteiger partial charge on any atom is -0.497 e. The van der Waals surface area contributed by atoms with E-state index in [9.17, 15) is 9.59 Å². The third-order valence-electron chi connectivity index (χ3n) is 5.10. The molecule has 0 fully saturated rings. The molecule has 33 heavy (non-hydrogen) atoms. The van der Waals surface area contributed by atoms with Gasteiger partial charge < -0.3 is 10.1 Å². The van der Waals surface area contributed by atoms with Crippen LogP contribution in [0.3, 0.4) is 0 Å². The molecule has 2 aromatic heterocycles. The maximum absolute atomic E-state index is 13.2. The fourth-order valence-corrected chi connectivity index (χ4v) is 4.15. The molecule has 0 aliphatic carbocycles. The van der Waals surface area contributed by atoms with Gasteiger partial charge in [-0.3, -0.25) is 9.59 Å². The molecule has 0 bridgehead atoms. The van der Waals surface area contributed by atoms with Gasteiger partial charge in [0.15, 0.2) is 5.16 Å². The maximum Gasteiger partial charge on any atom is 0.267 e. The third-order valence-corrected chi connectivity index (χ3v) is 6.04. The van der Waals surface area contributed by atoms with Crippen LogP contribution in [-0.4, -0.2) is 39.8 Å². The van der Waals surface area contributed by atoms with Gasteiger partial charge in [0.2, 0.25) is 5.91 Å². The largest absolute Gasteiger partial charge is 0.497 e. The van der Waals surface area contributed by atoms with E-state index in [1.807, 2.05) is 43.3 Å². The Kier molecular flexibility index (Phi) is 7.04. The molecule has 4 rings (SSSR count). The van der Waals surface area contributed by atoms with E-state index in [0.717, 1.165) is 16.9 Å². The van der Waals surface area contributed by atoms with Gasteiger partial charge in [0, 0.05) is 12.7 Å². The lowest BCUT2D eigenvalue weighted by molar-refractivity contribution is -0.118. The van der Waals surface area contributed by atoms with Crippen molar-refractivity contribution in [3.8, 4) is 11.6 Å². The number of benzene rings is 2. The molecule has 8 heteroatoms. The van der Waals surface area contributed by atoms with Crippen molar-refractivity contribution in [2.24, 2.45) is 0 Å². The minimum absolute atomic E-state index is 0.126. The summed E-state index contributed by atoms with van der Waals surface area (Å²) >= 11 is 1.22. The highest BCUT2D eigenvalue weighted by molar-refractivity contribution is 7.99. The zero-order valence-corrected chi connectivity index (χ0v) is 19.3. The summed E-state index contributed by atoms with van der Waals surface area (Å²) in [6.07, 6.45) is 2.42. The van der Waals surface area contributed by atoms with Gasteiger partial charge in [-0.15, -0.1) is 0 Å². The summed E-state index contributed by atoms with van der Waals surface area (Å²) in [7, 11) is 1.63. The SMILES string of the molecule is COc1ccc(CCNC(=O)CSc2nc3ccccc3c(=O)n2-c2ccc(C)cn2)cc1. The average molecular weight is 461 g/mol. The van der Waals surface area contributed by atoms with Crippen LogP contribution in [0.1, 0.15) is 11.1 Å². The van der Waals surface area contributed by atoms with Crippen LogP contribution in [-0.2, 0) is 11.2 Å². The van der Waals surface area contributed by atoms with Crippen molar-refractivity contribution in [2.45, 2.75) is 18.5 Å². The number of ether oxygens (including phenoxy) is 1. The number of methoxy groups -OCH3 is 1. The first-order valence-corrected chi connectivity index (χ1v) is 11.5. The lowest BCUT2D eigenvalue weighted by Crippen LogP contribution is -2.28. The van der Waals surface area contributed by atoms with Gasteiger partial charge in [0.1, 0.15) is 11.6 Å². The molecule has 0 saturated carbocycles. The molecule has 0 atom stereocenters. The molecule has 4 aromatic rings. The van der Waals surface area contributed by atoms with Crippen LogP contribution in [0.25, 0.3) is 16.7 Å². The lowest BCUT2D eigenvalue weighted by Gasteiger charge is -2.12. The van der Waals surface area contributed by atoms with Crippen LogP contribution in [0.2, 0.25) is 0 Å². The minimum atomic E-state index is -0.209. The second-order valence-corrected chi connectivity index (χ2v) is 8.43. The van der Waals surface area contributed by atoms with Gasteiger partial charge in [-0.2, -0.15) is 0 Å². The molecule has 0 radical (unpaired) electrons. The molecule has 2 aromatic carbocycles. The zero-order valence-electron chi connectivity index (χ0n) is 18.4. The number of para-hydroxylation sites is 1. The second kappa shape index (κ2) is 10.3. The number of pyridine rings is 1. The van der Waals surface area contributed by atoms with Crippen LogP contribution in [0, 0.1) is 6.92 Å². The van der Waals surface area contributed by atoms with Crippen molar-refractivity contribution in [3.05, 3.63) is 88.3 Å². The van der Waals surface area contributed by atoms with E-state index in [-0.39, 0.29) is 17.2 Å². The van der Waals surface area contributed by atoms with Crippen LogP contribution in [0.4, 0.5) is 0 Å². The molecule has 0 saturated heterocycles. The summed E-state index contributed by atoms with van der Waals surface area (Å²) in [4.78, 5) is 34.7. The Balaban J connectivity index is 1.48. The van der Waals surface area contributed by atoms with E-state index in [4.69, 9.17) is 4.74 Å². The zero-order chi connectivity index (χ0) is 23.2. The normalized spacial score (nSPS) is 10.8. The molecule has 0 unspecified atom stereocenters. The van der Waals surface area contributed by atoms with Crippen molar-refractivity contribution in [2.75, 3.05) is 19.4 Å². The van der Waals surface area contributed by atoms with E-state index in [2.05, 4.69) is 15.3 Å². The second-order valence-electron chi connectivity index (χ2n) is 7.48. The Bertz CT molecular complexity index is 1320. The number of nitrogens with one attached hydrogen (secondary N) is 1. The van der Waals surface area contributed by atoms with Gasteiger partial charge in [0.25, 0.3) is 5.56 Å². The molecule has 0 aliphatic heterocycles. The quantitative estimate of drug-likeness (QED) is 0.320. The molecular weight excluding hydrogens is 436 g/mol. The van der Waals surface area contributed by atoms with Gasteiger partial charge in [-0.25, -0.2) is 14.5 Å². The van der Waals surface area contributed by atoms with Gasteiger partial charge in [-0.05, 0) is 54.8 Å². The number of hydrogen-bond donors (Lipinski definition) is 1. The van der Waals surface area contributed by atoms with E-state index < -0.39 is 0 Å². The highest BCUT2D eigenvalue weighted by atomic mass is 32.2. The molecule has 0 aliphatic rings. The van der Waals surface area contributed by atoms with Gasteiger partial charge in [0.05, 0.1) is 23.8 Å². The molecule has 168 valence electrons. The van der Waals surface area contributed by atoms with E-state index in [0.29, 0.717) is 34.8 Å². The third kappa shape index (κ3) is 5.40. The highest BCUT2D eigenvalue weighted by Gasteiger charge is 2.15. The Labute approximate surface area is 195 Å². The lowest BCUT2D eigenvalue weighted by atomic mass is 10.1. The first-order valence-electron chi connectivity index (χ1n) is 10.5. The Morgan fingerprint density at radius 2 is 1.88 bits per heavy atom. The maximum atomic E-state index is 13.2. The van der Waals surface area contributed by atoms with Crippen LogP contribution >= 0.6 is 11.8 Å². The highest BCUT2D eigenvalue weighted by Crippen LogP contribution is 2.20. The van der Waals surface area contributed by atoms with Gasteiger partial charge >= 0.3 is 0 Å². The number of carbonyl (C=O) groups is 1. The van der Waals surface area contributed by atoms with Crippen LogP contribution in [0.15, 0.2) is 76.8 Å². The average Bonchev–Trinajstić information content (AvgIpc) is 2.84. The number of thioether (sulfide) groups is 1. The number of rotatable bonds is 8. The number of aryl methyl sites for hydroxylation is 1. The summed E-state index contributed by atoms with van der Waals surface area (Å²) in [5.41, 5.74) is 2.48. The summed E-state index contributed by atoms with van der Waals surface area (Å²) in [6.45, 7) is 2.45. The van der Waals surface area contributed by atoms with Crippen molar-refractivity contribution in [1.82, 2.24) is 19.9 Å². The summed E-state index contributed by atoms with van der Waals surface area (Å²) < 4.78 is 6.63. The molecule has 1 amide bonds. The summed E-state index contributed by atoms with van der Waals surface area (Å²) in [6, 6.07) is 18.6. The fraction of sp³-hybridized carbons (Fsp3) is 0.200. The number of aromatic nitrogens is 3. The molecular formula is C25H24N4O3S. The predicted octanol–water partition coefficient (Wildman–Crippen LogP) is 3.55. The Morgan fingerprint density at radius 1 is 1.09 bits per heavy atom. The molecule has 2 heterocycles. The van der Waals surface area contributed by atoms with Crippen LogP contribution in [0.5, 0.6) is 5.75 Å².